The van der Waals surface area contributed by atoms with Crippen LogP contribution in [0.2, 0.25) is 0 Å². The summed E-state index contributed by atoms with van der Waals surface area (Å²) in [5, 5.41) is 14.4. The number of hydrogen-bond acceptors (Lipinski definition) is 4. The maximum Gasteiger partial charge on any atom is 0.130 e. The van der Waals surface area contributed by atoms with Crippen molar-refractivity contribution in [1.29, 1.82) is 0 Å². The molecule has 19 heavy (non-hydrogen) atoms. The fourth-order valence-corrected chi connectivity index (χ4v) is 2.36. The number of hydrogen-bond donors (Lipinski definition) is 1. The van der Waals surface area contributed by atoms with Crippen molar-refractivity contribution in [3.05, 3.63) is 41.7 Å². The van der Waals surface area contributed by atoms with Crippen LogP contribution in [-0.2, 0) is 7.05 Å². The predicted octanol–water partition coefficient (Wildman–Crippen LogP) is 1.99. The Morgan fingerprint density at radius 3 is 3.00 bits per heavy atom. The molecule has 2 aromatic rings. The Morgan fingerprint density at radius 2 is 2.32 bits per heavy atom. The van der Waals surface area contributed by atoms with Crippen LogP contribution in [0.25, 0.3) is 0 Å². The molecule has 0 aliphatic carbocycles. The van der Waals surface area contributed by atoms with E-state index in [1.165, 1.54) is 0 Å². The minimum absolute atomic E-state index is 0.162. The Hall–Kier alpha value is -2.01. The predicted molar refractivity (Wildman–Crippen MR) is 69.1 cm³/mol. The van der Waals surface area contributed by atoms with Gasteiger partial charge in [0.25, 0.3) is 0 Å². The lowest BCUT2D eigenvalue weighted by Gasteiger charge is -2.29. The molecule has 1 unspecified atom stereocenters. The number of aromatic nitrogens is 2. The van der Waals surface area contributed by atoms with E-state index in [-0.39, 0.29) is 6.10 Å². The van der Waals surface area contributed by atoms with Crippen molar-refractivity contribution < 1.29 is 14.6 Å². The summed E-state index contributed by atoms with van der Waals surface area (Å²) in [4.78, 5) is 0. The summed E-state index contributed by atoms with van der Waals surface area (Å²) in [6.07, 6.45) is 3.48. The molecule has 100 valence electrons. The van der Waals surface area contributed by atoms with Gasteiger partial charge in [-0.15, -0.1) is 0 Å². The van der Waals surface area contributed by atoms with Crippen LogP contribution in [-0.4, -0.2) is 22.0 Å². The smallest absolute Gasteiger partial charge is 0.130 e. The highest BCUT2D eigenvalue weighted by atomic mass is 16.5. The molecule has 2 atom stereocenters. The Bertz CT molecular complexity index is 594. The lowest BCUT2D eigenvalue weighted by Crippen LogP contribution is -2.18. The molecule has 0 bridgehead atoms. The topological polar surface area (TPSA) is 56.5 Å². The van der Waals surface area contributed by atoms with Gasteiger partial charge >= 0.3 is 0 Å². The van der Waals surface area contributed by atoms with Crippen LogP contribution < -0.4 is 9.47 Å². The van der Waals surface area contributed by atoms with E-state index >= 15 is 0 Å². The van der Waals surface area contributed by atoms with Crippen LogP contribution in [0.15, 0.2) is 30.6 Å². The van der Waals surface area contributed by atoms with Gasteiger partial charge in [-0.1, -0.05) is 0 Å². The third-order valence-electron chi connectivity index (χ3n) is 3.38. The first-order chi connectivity index (χ1) is 9.17. The molecule has 0 radical (unpaired) electrons. The van der Waals surface area contributed by atoms with Crippen molar-refractivity contribution in [2.75, 3.05) is 7.11 Å². The standard InChI is InChI=1S/C14H16N2O3/c1-16-8-9(7-15-16)14-6-12(17)11-5-10(18-2)3-4-13(11)19-14/h3-5,7-8,12,14,17H,6H2,1-2H3/t12-,14?/m0/s1. The Balaban J connectivity index is 1.92. The molecule has 1 aromatic carbocycles. The zero-order valence-electron chi connectivity index (χ0n) is 10.9. The highest BCUT2D eigenvalue weighted by Crippen LogP contribution is 2.41. The van der Waals surface area contributed by atoms with Gasteiger partial charge in [-0.25, -0.2) is 0 Å². The average Bonchev–Trinajstić information content (AvgIpc) is 2.85. The largest absolute Gasteiger partial charge is 0.497 e. The van der Waals surface area contributed by atoms with E-state index in [0.717, 1.165) is 16.9 Å². The molecule has 5 nitrogen and oxygen atoms in total. The third kappa shape index (κ3) is 2.17. The van der Waals surface area contributed by atoms with Gasteiger partial charge in [0, 0.05) is 30.8 Å². The van der Waals surface area contributed by atoms with Crippen LogP contribution in [0, 0.1) is 0 Å². The van der Waals surface area contributed by atoms with Gasteiger partial charge in [-0.3, -0.25) is 4.68 Å². The Kier molecular flexibility index (Phi) is 2.91. The van der Waals surface area contributed by atoms with E-state index in [9.17, 15) is 5.11 Å². The Labute approximate surface area is 111 Å². The molecular weight excluding hydrogens is 244 g/mol. The fourth-order valence-electron chi connectivity index (χ4n) is 2.36. The van der Waals surface area contributed by atoms with Crippen molar-refractivity contribution >= 4 is 0 Å². The summed E-state index contributed by atoms with van der Waals surface area (Å²) in [5.74, 6) is 1.43. The minimum Gasteiger partial charge on any atom is -0.497 e. The molecule has 1 aromatic heterocycles. The summed E-state index contributed by atoms with van der Waals surface area (Å²) in [6.45, 7) is 0. The number of ether oxygens (including phenoxy) is 2. The van der Waals surface area contributed by atoms with E-state index in [1.807, 2.05) is 31.4 Å². The van der Waals surface area contributed by atoms with Gasteiger partial charge in [0.1, 0.15) is 17.6 Å². The highest BCUT2D eigenvalue weighted by molar-refractivity contribution is 5.43. The highest BCUT2D eigenvalue weighted by Gasteiger charge is 2.29. The van der Waals surface area contributed by atoms with Gasteiger partial charge < -0.3 is 14.6 Å². The number of aryl methyl sites for hydroxylation is 1. The van der Waals surface area contributed by atoms with E-state index in [1.54, 1.807) is 18.0 Å². The summed E-state index contributed by atoms with van der Waals surface area (Å²) in [7, 11) is 3.47. The maximum atomic E-state index is 10.3. The van der Waals surface area contributed by atoms with Gasteiger partial charge in [0.05, 0.1) is 19.4 Å². The third-order valence-corrected chi connectivity index (χ3v) is 3.38. The van der Waals surface area contributed by atoms with E-state index in [0.29, 0.717) is 12.2 Å². The van der Waals surface area contributed by atoms with Crippen LogP contribution in [0.4, 0.5) is 0 Å². The van der Waals surface area contributed by atoms with Gasteiger partial charge in [-0.05, 0) is 18.2 Å². The Morgan fingerprint density at radius 1 is 1.47 bits per heavy atom. The molecule has 0 spiro atoms. The molecule has 3 rings (SSSR count). The molecule has 1 N–H and O–H groups in total. The second-order valence-electron chi connectivity index (χ2n) is 4.71. The second kappa shape index (κ2) is 4.59. The van der Waals surface area contributed by atoms with E-state index in [4.69, 9.17) is 9.47 Å². The number of nitrogens with zero attached hydrogens (tertiary/aromatic N) is 2. The lowest BCUT2D eigenvalue weighted by atomic mass is 9.96. The molecule has 0 fully saturated rings. The van der Waals surface area contributed by atoms with E-state index in [2.05, 4.69) is 5.10 Å². The molecule has 0 amide bonds. The number of fused-ring (bicyclic) bond motifs is 1. The molecular formula is C14H16N2O3. The van der Waals surface area contributed by atoms with Crippen molar-refractivity contribution in [1.82, 2.24) is 9.78 Å². The molecule has 0 saturated carbocycles. The van der Waals surface area contributed by atoms with Crippen molar-refractivity contribution in [2.45, 2.75) is 18.6 Å². The van der Waals surface area contributed by atoms with Crippen molar-refractivity contribution in [3.8, 4) is 11.5 Å². The normalized spacial score (nSPS) is 21.6. The monoisotopic (exact) mass is 260 g/mol. The lowest BCUT2D eigenvalue weighted by molar-refractivity contribution is 0.0654. The van der Waals surface area contributed by atoms with Crippen LogP contribution in [0.1, 0.15) is 29.8 Å². The summed E-state index contributed by atoms with van der Waals surface area (Å²) in [6, 6.07) is 5.48. The summed E-state index contributed by atoms with van der Waals surface area (Å²) in [5.41, 5.74) is 1.75. The fraction of sp³-hybridized carbons (Fsp3) is 0.357. The average molecular weight is 260 g/mol. The SMILES string of the molecule is COc1ccc2c(c1)[C@@H](O)CC(c1cnn(C)c1)O2. The molecule has 5 heteroatoms. The van der Waals surface area contributed by atoms with Gasteiger partial charge in [-0.2, -0.15) is 5.10 Å². The molecule has 1 aliphatic heterocycles. The number of rotatable bonds is 2. The van der Waals surface area contributed by atoms with Gasteiger partial charge in [0.2, 0.25) is 0 Å². The second-order valence-corrected chi connectivity index (χ2v) is 4.71. The van der Waals surface area contributed by atoms with Gasteiger partial charge in [0.15, 0.2) is 0 Å². The van der Waals surface area contributed by atoms with Crippen LogP contribution in [0.3, 0.4) is 0 Å². The minimum atomic E-state index is -0.552. The van der Waals surface area contributed by atoms with Crippen LogP contribution in [0.5, 0.6) is 11.5 Å². The zero-order chi connectivity index (χ0) is 13.4. The zero-order valence-corrected chi connectivity index (χ0v) is 10.9. The number of aliphatic hydroxyl groups is 1. The summed E-state index contributed by atoms with van der Waals surface area (Å²) >= 11 is 0. The van der Waals surface area contributed by atoms with Crippen molar-refractivity contribution in [2.24, 2.45) is 7.05 Å². The van der Waals surface area contributed by atoms with Crippen molar-refractivity contribution in [3.63, 3.8) is 0 Å². The maximum absolute atomic E-state index is 10.3. The number of benzene rings is 1. The van der Waals surface area contributed by atoms with Crippen LogP contribution >= 0.6 is 0 Å². The molecule has 1 aliphatic rings. The molecule has 0 saturated heterocycles. The summed E-state index contributed by atoms with van der Waals surface area (Å²) < 4.78 is 12.8. The number of methoxy groups -OCH3 is 1. The first-order valence-corrected chi connectivity index (χ1v) is 6.18. The number of aliphatic hydroxyl groups excluding tert-OH is 1. The quantitative estimate of drug-likeness (QED) is 0.897. The molecule has 2 heterocycles. The first kappa shape index (κ1) is 12.0. The first-order valence-electron chi connectivity index (χ1n) is 6.18. The van der Waals surface area contributed by atoms with E-state index < -0.39 is 6.10 Å².